The van der Waals surface area contributed by atoms with E-state index in [1.54, 1.807) is 43.6 Å². The third-order valence-electron chi connectivity index (χ3n) is 5.12. The summed E-state index contributed by atoms with van der Waals surface area (Å²) in [6.45, 7) is 1.94. The first-order valence-electron chi connectivity index (χ1n) is 9.98. The first-order chi connectivity index (χ1) is 15.5. The van der Waals surface area contributed by atoms with E-state index in [4.69, 9.17) is 0 Å². The fourth-order valence-electron chi connectivity index (χ4n) is 3.60. The predicted molar refractivity (Wildman–Crippen MR) is 120 cm³/mol. The lowest BCUT2D eigenvalue weighted by Gasteiger charge is -2.17. The highest BCUT2D eigenvalue weighted by Gasteiger charge is 2.22. The molecule has 0 unspecified atom stereocenters. The van der Waals surface area contributed by atoms with Crippen molar-refractivity contribution in [2.24, 2.45) is 0 Å². The number of nitriles is 1. The highest BCUT2D eigenvalue weighted by molar-refractivity contribution is 5.95. The Balaban J connectivity index is 1.93. The largest absolute Gasteiger partial charge is 0.476 e. The minimum absolute atomic E-state index is 0.116. The molecule has 0 spiro atoms. The van der Waals surface area contributed by atoms with E-state index in [2.05, 4.69) is 21.5 Å². The molecule has 0 radical (unpaired) electrons. The SMILES string of the molecule is CCn1nc(C(=O)O)c(Cc2cccc(C#N)c2)c(Nc2cncc3ccccc23)c1=O. The van der Waals surface area contributed by atoms with Crippen LogP contribution in [0, 0.1) is 11.3 Å². The average Bonchev–Trinajstić information content (AvgIpc) is 2.81. The van der Waals surface area contributed by atoms with Gasteiger partial charge in [0, 0.05) is 35.5 Å². The van der Waals surface area contributed by atoms with E-state index < -0.39 is 11.5 Å². The van der Waals surface area contributed by atoms with E-state index >= 15 is 0 Å². The third kappa shape index (κ3) is 3.91. The predicted octanol–water partition coefficient (Wildman–Crippen LogP) is 3.72. The number of carboxylic acid groups (broad SMARTS) is 1. The molecule has 32 heavy (non-hydrogen) atoms. The number of nitrogens with one attached hydrogen (secondary N) is 1. The number of hydrogen-bond donors (Lipinski definition) is 2. The monoisotopic (exact) mass is 425 g/mol. The number of anilines is 2. The molecule has 4 rings (SSSR count). The maximum absolute atomic E-state index is 13.2. The fourth-order valence-corrected chi connectivity index (χ4v) is 3.60. The molecule has 0 saturated heterocycles. The number of benzene rings is 2. The van der Waals surface area contributed by atoms with Gasteiger partial charge in [-0.2, -0.15) is 10.4 Å². The molecule has 2 N–H and O–H groups in total. The lowest BCUT2D eigenvalue weighted by atomic mass is 10.0. The quantitative estimate of drug-likeness (QED) is 0.483. The minimum atomic E-state index is -1.24. The zero-order valence-electron chi connectivity index (χ0n) is 17.2. The molecule has 8 nitrogen and oxygen atoms in total. The molecule has 2 aromatic heterocycles. The summed E-state index contributed by atoms with van der Waals surface area (Å²) in [6, 6.07) is 16.5. The smallest absolute Gasteiger partial charge is 0.356 e. The highest BCUT2D eigenvalue weighted by Crippen LogP contribution is 2.27. The van der Waals surface area contributed by atoms with E-state index in [1.807, 2.05) is 24.3 Å². The van der Waals surface area contributed by atoms with Gasteiger partial charge in [-0.25, -0.2) is 9.48 Å². The topological polar surface area (TPSA) is 121 Å². The molecule has 8 heteroatoms. The number of nitrogens with zero attached hydrogens (tertiary/aromatic N) is 4. The lowest BCUT2D eigenvalue weighted by molar-refractivity contribution is 0.0686. The molecule has 2 aromatic carbocycles. The normalized spacial score (nSPS) is 10.6. The molecule has 0 saturated carbocycles. The minimum Gasteiger partial charge on any atom is -0.476 e. The van der Waals surface area contributed by atoms with Crippen molar-refractivity contribution in [2.75, 3.05) is 5.32 Å². The Bertz CT molecular complexity index is 1430. The second kappa shape index (κ2) is 8.70. The molecule has 0 aliphatic rings. The molecular formula is C24H19N5O3. The third-order valence-corrected chi connectivity index (χ3v) is 5.12. The number of rotatable bonds is 6. The highest BCUT2D eigenvalue weighted by atomic mass is 16.4. The number of fused-ring (bicyclic) bond motifs is 1. The maximum Gasteiger partial charge on any atom is 0.356 e. The van der Waals surface area contributed by atoms with Crippen molar-refractivity contribution in [3.05, 3.63) is 93.7 Å². The summed E-state index contributed by atoms with van der Waals surface area (Å²) >= 11 is 0. The molecule has 158 valence electrons. The van der Waals surface area contributed by atoms with E-state index in [9.17, 15) is 20.0 Å². The lowest BCUT2D eigenvalue weighted by Crippen LogP contribution is -2.29. The van der Waals surface area contributed by atoms with Crippen LogP contribution in [0.2, 0.25) is 0 Å². The van der Waals surface area contributed by atoms with Crippen LogP contribution in [0.3, 0.4) is 0 Å². The van der Waals surface area contributed by atoms with Gasteiger partial charge in [-0.3, -0.25) is 9.78 Å². The maximum atomic E-state index is 13.2. The van der Waals surface area contributed by atoms with E-state index in [0.29, 0.717) is 16.8 Å². The Labute approximate surface area is 183 Å². The van der Waals surface area contributed by atoms with Crippen molar-refractivity contribution in [3.63, 3.8) is 0 Å². The van der Waals surface area contributed by atoms with Crippen LogP contribution in [0.4, 0.5) is 11.4 Å². The second-order valence-corrected chi connectivity index (χ2v) is 7.15. The molecule has 0 fully saturated rings. The van der Waals surface area contributed by atoms with Crippen molar-refractivity contribution in [1.29, 1.82) is 5.26 Å². The summed E-state index contributed by atoms with van der Waals surface area (Å²) in [5.41, 5.74) is 1.44. The molecule has 0 atom stereocenters. The summed E-state index contributed by atoms with van der Waals surface area (Å²) in [7, 11) is 0. The van der Waals surface area contributed by atoms with Gasteiger partial charge in [-0.05, 0) is 24.6 Å². The van der Waals surface area contributed by atoms with Gasteiger partial charge in [-0.1, -0.05) is 36.4 Å². The number of aromatic carboxylic acids is 1. The number of aromatic nitrogens is 3. The second-order valence-electron chi connectivity index (χ2n) is 7.15. The number of carboxylic acids is 1. The first kappa shape index (κ1) is 20.8. The fraction of sp³-hybridized carbons (Fsp3) is 0.125. The number of aryl methyl sites for hydroxylation is 1. The van der Waals surface area contributed by atoms with Crippen LogP contribution in [0.1, 0.15) is 34.1 Å². The average molecular weight is 425 g/mol. The molecule has 0 aliphatic heterocycles. The van der Waals surface area contributed by atoms with Crippen molar-refractivity contribution >= 4 is 28.1 Å². The molecule has 0 aliphatic carbocycles. The Hall–Kier alpha value is -4.51. The van der Waals surface area contributed by atoms with E-state index in [-0.39, 0.29) is 29.9 Å². The van der Waals surface area contributed by atoms with Crippen LogP contribution in [0.5, 0.6) is 0 Å². The van der Waals surface area contributed by atoms with Gasteiger partial charge in [0.25, 0.3) is 5.56 Å². The van der Waals surface area contributed by atoms with Gasteiger partial charge in [0.05, 0.1) is 23.5 Å². The van der Waals surface area contributed by atoms with Crippen molar-refractivity contribution in [1.82, 2.24) is 14.8 Å². The number of pyridine rings is 1. The summed E-state index contributed by atoms with van der Waals surface area (Å²) in [4.78, 5) is 29.5. The zero-order chi connectivity index (χ0) is 22.7. The van der Waals surface area contributed by atoms with Crippen molar-refractivity contribution in [2.45, 2.75) is 19.9 Å². The van der Waals surface area contributed by atoms with Gasteiger partial charge >= 0.3 is 5.97 Å². The van der Waals surface area contributed by atoms with Crippen LogP contribution >= 0.6 is 0 Å². The summed E-state index contributed by atoms with van der Waals surface area (Å²) in [6.07, 6.45) is 3.43. The molecule has 2 heterocycles. The van der Waals surface area contributed by atoms with Crippen LogP contribution in [0.25, 0.3) is 10.8 Å². The molecular weight excluding hydrogens is 406 g/mol. The molecule has 0 amide bonds. The van der Waals surface area contributed by atoms with Crippen LogP contribution < -0.4 is 10.9 Å². The Morgan fingerprint density at radius 3 is 2.75 bits per heavy atom. The van der Waals surface area contributed by atoms with Crippen molar-refractivity contribution < 1.29 is 9.90 Å². The summed E-state index contributed by atoms with van der Waals surface area (Å²) in [5, 5.41) is 28.0. The van der Waals surface area contributed by atoms with Gasteiger partial charge in [0.2, 0.25) is 0 Å². The molecule has 0 bridgehead atoms. The van der Waals surface area contributed by atoms with E-state index in [0.717, 1.165) is 15.5 Å². The van der Waals surface area contributed by atoms with Crippen LogP contribution in [0.15, 0.2) is 65.7 Å². The van der Waals surface area contributed by atoms with E-state index in [1.165, 1.54) is 0 Å². The van der Waals surface area contributed by atoms with Gasteiger partial charge in [0.15, 0.2) is 5.69 Å². The van der Waals surface area contributed by atoms with Gasteiger partial charge < -0.3 is 10.4 Å². The van der Waals surface area contributed by atoms with Gasteiger partial charge in [-0.15, -0.1) is 0 Å². The summed E-state index contributed by atoms with van der Waals surface area (Å²) < 4.78 is 1.12. The summed E-state index contributed by atoms with van der Waals surface area (Å²) in [5.74, 6) is -1.24. The Morgan fingerprint density at radius 1 is 1.19 bits per heavy atom. The number of hydrogen-bond acceptors (Lipinski definition) is 6. The zero-order valence-corrected chi connectivity index (χ0v) is 17.2. The first-order valence-corrected chi connectivity index (χ1v) is 9.98. The van der Waals surface area contributed by atoms with Crippen LogP contribution in [-0.2, 0) is 13.0 Å². The Kier molecular flexibility index (Phi) is 5.64. The van der Waals surface area contributed by atoms with Gasteiger partial charge in [0.1, 0.15) is 5.69 Å². The Morgan fingerprint density at radius 2 is 2.00 bits per heavy atom. The standard InChI is InChI=1S/C24H19N5O3/c1-2-29-23(30)21(27-20-14-26-13-17-8-3-4-9-18(17)20)19(22(28-29)24(31)32)11-15-6-5-7-16(10-15)12-25/h3-10,13-14,27H,2,11H2,1H3,(H,31,32). The molecule has 4 aromatic rings. The number of carbonyl (C=O) groups is 1. The van der Waals surface area contributed by atoms with Crippen molar-refractivity contribution in [3.8, 4) is 6.07 Å². The van der Waals surface area contributed by atoms with Crippen LogP contribution in [-0.4, -0.2) is 25.8 Å².